The molecule has 2 rings (SSSR count). The van der Waals surface area contributed by atoms with E-state index in [1.54, 1.807) is 0 Å². The Morgan fingerprint density at radius 2 is 2.00 bits per heavy atom. The first-order chi connectivity index (χ1) is 10.6. The summed E-state index contributed by atoms with van der Waals surface area (Å²) >= 11 is 6.07. The fraction of sp³-hybridized carbons (Fsp3) is 0.312. The van der Waals surface area contributed by atoms with E-state index in [1.807, 2.05) is 25.1 Å². The van der Waals surface area contributed by atoms with E-state index in [1.165, 1.54) is 12.4 Å². The van der Waals surface area contributed by atoms with Gasteiger partial charge in [-0.05, 0) is 31.0 Å². The van der Waals surface area contributed by atoms with Crippen molar-refractivity contribution < 1.29 is 4.79 Å². The number of nitrogens with one attached hydrogen (secondary N) is 2. The molecule has 2 aromatic rings. The molecule has 0 aliphatic heterocycles. The van der Waals surface area contributed by atoms with E-state index in [4.69, 9.17) is 11.6 Å². The van der Waals surface area contributed by atoms with Crippen LogP contribution in [0.25, 0.3) is 0 Å². The molecule has 6 heteroatoms. The molecular formula is C16H19ClN4O. The van der Waals surface area contributed by atoms with E-state index in [-0.39, 0.29) is 5.91 Å². The number of anilines is 2. The minimum atomic E-state index is -0.154. The van der Waals surface area contributed by atoms with Gasteiger partial charge in [-0.15, -0.1) is 0 Å². The maximum absolute atomic E-state index is 11.8. The highest BCUT2D eigenvalue weighted by Gasteiger charge is 2.07. The third kappa shape index (κ3) is 4.43. The second-order valence-corrected chi connectivity index (χ2v) is 5.40. The molecule has 0 spiro atoms. The van der Waals surface area contributed by atoms with E-state index in [2.05, 4.69) is 27.5 Å². The lowest BCUT2D eigenvalue weighted by atomic mass is 10.2. The Bertz CT molecular complexity index is 643. The van der Waals surface area contributed by atoms with Crippen LogP contribution in [0.3, 0.4) is 0 Å². The molecule has 0 radical (unpaired) electrons. The Labute approximate surface area is 135 Å². The molecule has 1 heterocycles. The Kier molecular flexibility index (Phi) is 5.72. The van der Waals surface area contributed by atoms with Crippen LogP contribution >= 0.6 is 11.6 Å². The molecule has 22 heavy (non-hydrogen) atoms. The molecule has 2 N–H and O–H groups in total. The van der Waals surface area contributed by atoms with Gasteiger partial charge in [-0.3, -0.25) is 4.79 Å². The van der Waals surface area contributed by atoms with Crippen molar-refractivity contribution in [2.75, 3.05) is 11.9 Å². The predicted octanol–water partition coefficient (Wildman–Crippen LogP) is 3.71. The van der Waals surface area contributed by atoms with Crippen LogP contribution in [0, 0.1) is 6.92 Å². The van der Waals surface area contributed by atoms with Crippen molar-refractivity contribution >= 4 is 29.1 Å². The summed E-state index contributed by atoms with van der Waals surface area (Å²) in [5.41, 5.74) is 2.26. The normalized spacial score (nSPS) is 10.3. The van der Waals surface area contributed by atoms with Crippen molar-refractivity contribution in [3.05, 3.63) is 46.7 Å². The van der Waals surface area contributed by atoms with Gasteiger partial charge >= 0.3 is 0 Å². The fourth-order valence-electron chi connectivity index (χ4n) is 1.79. The molecule has 0 atom stereocenters. The van der Waals surface area contributed by atoms with Crippen LogP contribution in [0.15, 0.2) is 30.6 Å². The number of carbonyl (C=O) groups is 1. The monoisotopic (exact) mass is 318 g/mol. The summed E-state index contributed by atoms with van der Waals surface area (Å²) in [6.07, 6.45) is 5.01. The van der Waals surface area contributed by atoms with Gasteiger partial charge in [0.2, 0.25) is 5.95 Å². The average molecular weight is 319 g/mol. The smallest absolute Gasteiger partial charge is 0.254 e. The van der Waals surface area contributed by atoms with Gasteiger partial charge in [0, 0.05) is 29.6 Å². The summed E-state index contributed by atoms with van der Waals surface area (Å²) in [4.78, 5) is 20.1. The highest BCUT2D eigenvalue weighted by atomic mass is 35.5. The molecule has 0 saturated carbocycles. The summed E-state index contributed by atoms with van der Waals surface area (Å²) in [5, 5.41) is 6.56. The number of amides is 1. The lowest BCUT2D eigenvalue weighted by molar-refractivity contribution is 0.0952. The number of benzene rings is 1. The van der Waals surface area contributed by atoms with Gasteiger partial charge in [-0.2, -0.15) is 0 Å². The van der Waals surface area contributed by atoms with Gasteiger partial charge < -0.3 is 10.6 Å². The first-order valence-electron chi connectivity index (χ1n) is 7.23. The van der Waals surface area contributed by atoms with Crippen LogP contribution in [0.2, 0.25) is 5.02 Å². The highest BCUT2D eigenvalue weighted by Crippen LogP contribution is 2.21. The summed E-state index contributed by atoms with van der Waals surface area (Å²) in [5.74, 6) is 0.267. The summed E-state index contributed by atoms with van der Waals surface area (Å²) < 4.78 is 0. The topological polar surface area (TPSA) is 66.9 Å². The predicted molar refractivity (Wildman–Crippen MR) is 88.7 cm³/mol. The Balaban J connectivity index is 1.99. The first kappa shape index (κ1) is 16.2. The molecule has 0 bridgehead atoms. The van der Waals surface area contributed by atoms with E-state index < -0.39 is 0 Å². The van der Waals surface area contributed by atoms with Crippen molar-refractivity contribution in [2.24, 2.45) is 0 Å². The molecule has 1 amide bonds. The fourth-order valence-corrected chi connectivity index (χ4v) is 1.97. The van der Waals surface area contributed by atoms with E-state index in [9.17, 15) is 4.79 Å². The van der Waals surface area contributed by atoms with Crippen LogP contribution in [0.5, 0.6) is 0 Å². The zero-order valence-electron chi connectivity index (χ0n) is 12.7. The number of rotatable bonds is 6. The molecule has 0 aliphatic carbocycles. The third-order valence-electron chi connectivity index (χ3n) is 3.16. The highest BCUT2D eigenvalue weighted by molar-refractivity contribution is 6.31. The lowest BCUT2D eigenvalue weighted by Gasteiger charge is -2.07. The molecule has 116 valence electrons. The maximum atomic E-state index is 11.8. The number of nitrogens with zero attached hydrogens (tertiary/aromatic N) is 2. The summed E-state index contributed by atoms with van der Waals surface area (Å²) in [6, 6.07) is 5.63. The molecular weight excluding hydrogens is 300 g/mol. The van der Waals surface area contributed by atoms with Crippen molar-refractivity contribution in [1.82, 2.24) is 15.3 Å². The van der Waals surface area contributed by atoms with Gasteiger partial charge in [0.25, 0.3) is 5.91 Å². The standard InChI is InChI=1S/C16H19ClN4O/c1-3-4-7-18-15(22)12-9-19-16(20-10-12)21-13-6-5-11(2)14(17)8-13/h5-6,8-10H,3-4,7H2,1-2H3,(H,18,22)(H,19,20,21). The van der Waals surface area contributed by atoms with Crippen molar-refractivity contribution in [2.45, 2.75) is 26.7 Å². The van der Waals surface area contributed by atoms with Crippen molar-refractivity contribution in [1.29, 1.82) is 0 Å². The minimum absolute atomic E-state index is 0.154. The molecule has 0 unspecified atom stereocenters. The Morgan fingerprint density at radius 3 is 2.64 bits per heavy atom. The largest absolute Gasteiger partial charge is 0.352 e. The van der Waals surface area contributed by atoms with Crippen LogP contribution in [-0.4, -0.2) is 22.4 Å². The molecule has 0 aliphatic rings. The molecule has 1 aromatic carbocycles. The number of aryl methyl sites for hydroxylation is 1. The number of hydrogen-bond acceptors (Lipinski definition) is 4. The van der Waals surface area contributed by atoms with Gasteiger partial charge in [0.1, 0.15) is 0 Å². The molecule has 1 aromatic heterocycles. The van der Waals surface area contributed by atoms with Gasteiger partial charge in [0.15, 0.2) is 0 Å². The lowest BCUT2D eigenvalue weighted by Crippen LogP contribution is -2.24. The second kappa shape index (κ2) is 7.75. The van der Waals surface area contributed by atoms with Gasteiger partial charge in [0.05, 0.1) is 5.56 Å². The summed E-state index contributed by atoms with van der Waals surface area (Å²) in [7, 11) is 0. The molecule has 0 fully saturated rings. The quantitative estimate of drug-likeness (QED) is 0.797. The Morgan fingerprint density at radius 1 is 1.27 bits per heavy atom. The van der Waals surface area contributed by atoms with Crippen LogP contribution in [0.1, 0.15) is 35.7 Å². The van der Waals surface area contributed by atoms with E-state index in [0.717, 1.165) is 24.1 Å². The zero-order chi connectivity index (χ0) is 15.9. The molecule has 5 nitrogen and oxygen atoms in total. The maximum Gasteiger partial charge on any atom is 0.254 e. The number of carbonyl (C=O) groups excluding carboxylic acids is 1. The number of halogens is 1. The second-order valence-electron chi connectivity index (χ2n) is 4.99. The average Bonchev–Trinajstić information content (AvgIpc) is 2.52. The van der Waals surface area contributed by atoms with Crippen molar-refractivity contribution in [3.63, 3.8) is 0 Å². The number of unbranched alkanes of at least 4 members (excludes halogenated alkanes) is 1. The number of hydrogen-bond donors (Lipinski definition) is 2. The van der Waals surface area contributed by atoms with Crippen LogP contribution in [-0.2, 0) is 0 Å². The van der Waals surface area contributed by atoms with E-state index in [0.29, 0.717) is 23.1 Å². The first-order valence-corrected chi connectivity index (χ1v) is 7.61. The Hall–Kier alpha value is -2.14. The van der Waals surface area contributed by atoms with Crippen LogP contribution < -0.4 is 10.6 Å². The van der Waals surface area contributed by atoms with Gasteiger partial charge in [-0.1, -0.05) is 31.0 Å². The SMILES string of the molecule is CCCCNC(=O)c1cnc(Nc2ccc(C)c(Cl)c2)nc1. The van der Waals surface area contributed by atoms with E-state index >= 15 is 0 Å². The third-order valence-corrected chi connectivity index (χ3v) is 3.57. The molecule has 0 saturated heterocycles. The zero-order valence-corrected chi connectivity index (χ0v) is 13.4. The minimum Gasteiger partial charge on any atom is -0.352 e. The number of aromatic nitrogens is 2. The summed E-state index contributed by atoms with van der Waals surface area (Å²) in [6.45, 7) is 4.68. The van der Waals surface area contributed by atoms with Gasteiger partial charge in [-0.25, -0.2) is 9.97 Å². The van der Waals surface area contributed by atoms with Crippen LogP contribution in [0.4, 0.5) is 11.6 Å². The van der Waals surface area contributed by atoms with Crippen molar-refractivity contribution in [3.8, 4) is 0 Å².